The largest absolute Gasteiger partial charge is 0.399 e. The number of rotatable bonds is 3. The van der Waals surface area contributed by atoms with E-state index in [1.165, 1.54) is 31.5 Å². The molecule has 2 heteroatoms. The van der Waals surface area contributed by atoms with Gasteiger partial charge in [-0.2, -0.15) is 0 Å². The number of hydrogen-bond acceptors (Lipinski definition) is 2. The summed E-state index contributed by atoms with van der Waals surface area (Å²) in [6.07, 6.45) is 2.67. The summed E-state index contributed by atoms with van der Waals surface area (Å²) >= 11 is 0. The monoisotopic (exact) mass is 288 g/mol. The summed E-state index contributed by atoms with van der Waals surface area (Å²) in [4.78, 5) is 2.64. The number of hydrogen-bond donors (Lipinski definition) is 1. The highest BCUT2D eigenvalue weighted by Crippen LogP contribution is 2.35. The van der Waals surface area contributed by atoms with E-state index in [1.54, 1.807) is 0 Å². The zero-order chi connectivity index (χ0) is 15.7. The molecule has 2 rings (SSSR count). The van der Waals surface area contributed by atoms with Crippen molar-refractivity contribution in [1.29, 1.82) is 0 Å². The number of anilines is 1. The van der Waals surface area contributed by atoms with Crippen LogP contribution >= 0.6 is 0 Å². The summed E-state index contributed by atoms with van der Waals surface area (Å²) in [5.41, 5.74) is 8.67. The lowest BCUT2D eigenvalue weighted by atomic mass is 9.75. The lowest BCUT2D eigenvalue weighted by molar-refractivity contribution is 0.0990. The molecule has 0 aliphatic carbocycles. The summed E-state index contributed by atoms with van der Waals surface area (Å²) in [5, 5.41) is 0. The molecule has 1 fully saturated rings. The predicted molar refractivity (Wildman–Crippen MR) is 92.5 cm³/mol. The van der Waals surface area contributed by atoms with E-state index in [9.17, 15) is 0 Å². The smallest absolute Gasteiger partial charge is 0.0314 e. The van der Waals surface area contributed by atoms with E-state index in [0.29, 0.717) is 5.41 Å². The Morgan fingerprint density at radius 1 is 1.00 bits per heavy atom. The lowest BCUT2D eigenvalue weighted by Crippen LogP contribution is -2.43. The molecular formula is C19H32N2. The molecule has 1 aliphatic rings. The summed E-state index contributed by atoms with van der Waals surface area (Å²) < 4.78 is 0. The molecule has 118 valence electrons. The van der Waals surface area contributed by atoms with E-state index in [-0.39, 0.29) is 5.41 Å². The number of nitrogens with zero attached hydrogens (tertiary/aromatic N) is 1. The standard InChI is InChI=1S/C19H32N2/c1-18(2,3)15-10-12-21(13-11-15)14-19(4,5)16-6-8-17(20)9-7-16/h6-9,15H,10-14,20H2,1-5H3. The molecule has 0 bridgehead atoms. The Hall–Kier alpha value is -1.02. The SMILES string of the molecule is CC(C)(CN1CCC(C(C)(C)C)CC1)c1ccc(N)cc1. The van der Waals surface area contributed by atoms with Crippen LogP contribution in [0, 0.1) is 11.3 Å². The summed E-state index contributed by atoms with van der Waals surface area (Å²) in [6, 6.07) is 8.39. The van der Waals surface area contributed by atoms with Crippen LogP contribution in [0.15, 0.2) is 24.3 Å². The van der Waals surface area contributed by atoms with E-state index in [4.69, 9.17) is 5.73 Å². The van der Waals surface area contributed by atoms with Gasteiger partial charge in [0.1, 0.15) is 0 Å². The van der Waals surface area contributed by atoms with Crippen molar-refractivity contribution in [1.82, 2.24) is 4.90 Å². The fourth-order valence-electron chi connectivity index (χ4n) is 3.54. The first-order chi connectivity index (χ1) is 9.68. The second kappa shape index (κ2) is 6.00. The van der Waals surface area contributed by atoms with Gasteiger partial charge < -0.3 is 10.6 Å². The highest BCUT2D eigenvalue weighted by Gasteiger charge is 2.31. The van der Waals surface area contributed by atoms with Gasteiger partial charge in [-0.1, -0.05) is 46.8 Å². The molecule has 0 aromatic heterocycles. The van der Waals surface area contributed by atoms with Gasteiger partial charge in [0, 0.05) is 17.6 Å². The van der Waals surface area contributed by atoms with Crippen LogP contribution in [0.3, 0.4) is 0 Å². The fraction of sp³-hybridized carbons (Fsp3) is 0.684. The molecule has 0 amide bonds. The Balaban J connectivity index is 1.94. The van der Waals surface area contributed by atoms with Crippen molar-refractivity contribution in [2.24, 2.45) is 11.3 Å². The molecule has 0 saturated carbocycles. The number of nitrogen functional groups attached to an aromatic ring is 1. The van der Waals surface area contributed by atoms with Gasteiger partial charge in [-0.05, 0) is 55.0 Å². The Morgan fingerprint density at radius 3 is 2.00 bits per heavy atom. The average molecular weight is 288 g/mol. The summed E-state index contributed by atoms with van der Waals surface area (Å²) in [7, 11) is 0. The van der Waals surface area contributed by atoms with Gasteiger partial charge >= 0.3 is 0 Å². The molecule has 2 nitrogen and oxygen atoms in total. The first-order valence-corrected chi connectivity index (χ1v) is 8.27. The molecule has 0 radical (unpaired) electrons. The first kappa shape index (κ1) is 16.4. The van der Waals surface area contributed by atoms with Crippen molar-refractivity contribution in [3.05, 3.63) is 29.8 Å². The third-order valence-electron chi connectivity index (χ3n) is 5.12. The van der Waals surface area contributed by atoms with Crippen molar-refractivity contribution in [2.45, 2.75) is 52.9 Å². The molecule has 1 aromatic carbocycles. The molecule has 21 heavy (non-hydrogen) atoms. The van der Waals surface area contributed by atoms with Crippen molar-refractivity contribution in [3.8, 4) is 0 Å². The van der Waals surface area contributed by atoms with E-state index >= 15 is 0 Å². The minimum atomic E-state index is 0.183. The first-order valence-electron chi connectivity index (χ1n) is 8.27. The van der Waals surface area contributed by atoms with E-state index < -0.39 is 0 Å². The van der Waals surface area contributed by atoms with Crippen LogP contribution in [0.1, 0.15) is 53.0 Å². The maximum atomic E-state index is 5.80. The third kappa shape index (κ3) is 4.23. The molecule has 1 aromatic rings. The minimum absolute atomic E-state index is 0.183. The normalized spacial score (nSPS) is 18.9. The predicted octanol–water partition coefficient (Wildman–Crippen LogP) is 4.30. The zero-order valence-electron chi connectivity index (χ0n) is 14.4. The minimum Gasteiger partial charge on any atom is -0.399 e. The van der Waals surface area contributed by atoms with Crippen LogP contribution in [0.4, 0.5) is 5.69 Å². The number of nitrogens with two attached hydrogens (primary N) is 1. The van der Waals surface area contributed by atoms with Gasteiger partial charge in [0.25, 0.3) is 0 Å². The lowest BCUT2D eigenvalue weighted by Gasteiger charge is -2.41. The van der Waals surface area contributed by atoms with Gasteiger partial charge in [0.15, 0.2) is 0 Å². The molecule has 0 spiro atoms. The van der Waals surface area contributed by atoms with Crippen LogP contribution in [0.2, 0.25) is 0 Å². The maximum Gasteiger partial charge on any atom is 0.0314 e. The highest BCUT2D eigenvalue weighted by molar-refractivity contribution is 5.41. The third-order valence-corrected chi connectivity index (χ3v) is 5.12. The van der Waals surface area contributed by atoms with Crippen LogP contribution in [-0.2, 0) is 5.41 Å². The Kier molecular flexibility index (Phi) is 4.67. The Bertz CT molecular complexity index is 445. The van der Waals surface area contributed by atoms with Crippen LogP contribution < -0.4 is 5.73 Å². The van der Waals surface area contributed by atoms with Crippen LogP contribution in [-0.4, -0.2) is 24.5 Å². The van der Waals surface area contributed by atoms with Crippen molar-refractivity contribution >= 4 is 5.69 Å². The van der Waals surface area contributed by atoms with Crippen molar-refractivity contribution < 1.29 is 0 Å². The second-order valence-corrected chi connectivity index (χ2v) is 8.42. The number of benzene rings is 1. The highest BCUT2D eigenvalue weighted by atomic mass is 15.1. The van der Waals surface area contributed by atoms with Gasteiger partial charge in [-0.25, -0.2) is 0 Å². The topological polar surface area (TPSA) is 29.3 Å². The van der Waals surface area contributed by atoms with E-state index in [0.717, 1.165) is 18.2 Å². The zero-order valence-corrected chi connectivity index (χ0v) is 14.4. The molecule has 2 N–H and O–H groups in total. The van der Waals surface area contributed by atoms with Gasteiger partial charge in [0.05, 0.1) is 0 Å². The molecule has 1 aliphatic heterocycles. The quantitative estimate of drug-likeness (QED) is 0.840. The van der Waals surface area contributed by atoms with E-state index in [1.807, 2.05) is 12.1 Å². The van der Waals surface area contributed by atoms with Gasteiger partial charge in [0.2, 0.25) is 0 Å². The molecule has 1 saturated heterocycles. The molecule has 0 unspecified atom stereocenters. The number of likely N-dealkylation sites (tertiary alicyclic amines) is 1. The second-order valence-electron chi connectivity index (χ2n) is 8.42. The summed E-state index contributed by atoms with van der Waals surface area (Å²) in [6.45, 7) is 15.4. The maximum absolute atomic E-state index is 5.80. The molecule has 1 heterocycles. The average Bonchev–Trinajstić information content (AvgIpc) is 2.38. The van der Waals surface area contributed by atoms with Crippen LogP contribution in [0.5, 0.6) is 0 Å². The fourth-order valence-corrected chi connectivity index (χ4v) is 3.54. The summed E-state index contributed by atoms with van der Waals surface area (Å²) in [5.74, 6) is 0.869. The van der Waals surface area contributed by atoms with E-state index in [2.05, 4.69) is 51.7 Å². The van der Waals surface area contributed by atoms with Crippen LogP contribution in [0.25, 0.3) is 0 Å². The number of piperidine rings is 1. The molecular weight excluding hydrogens is 256 g/mol. The van der Waals surface area contributed by atoms with Crippen molar-refractivity contribution in [3.63, 3.8) is 0 Å². The van der Waals surface area contributed by atoms with Gasteiger partial charge in [-0.15, -0.1) is 0 Å². The Labute approximate surface area is 130 Å². The molecule has 0 atom stereocenters. The van der Waals surface area contributed by atoms with Gasteiger partial charge in [-0.3, -0.25) is 0 Å². The Morgan fingerprint density at radius 2 is 1.52 bits per heavy atom. The van der Waals surface area contributed by atoms with Crippen molar-refractivity contribution in [2.75, 3.05) is 25.4 Å².